The van der Waals surface area contributed by atoms with Gasteiger partial charge >= 0.3 is 0 Å². The number of ether oxygens (including phenoxy) is 2. The molecular weight excluding hydrogens is 306 g/mol. The third-order valence-corrected chi connectivity index (χ3v) is 3.79. The smallest absolute Gasteiger partial charge is 0.119 e. The molecule has 0 aliphatic heterocycles. The number of benzene rings is 2. The molecule has 0 bridgehead atoms. The maximum Gasteiger partial charge on any atom is 0.119 e. The molecule has 3 unspecified atom stereocenters. The lowest BCUT2D eigenvalue weighted by atomic mass is 10.0. The first kappa shape index (κ1) is 18.3. The van der Waals surface area contributed by atoms with Gasteiger partial charge in [0.15, 0.2) is 0 Å². The van der Waals surface area contributed by atoms with Crippen molar-refractivity contribution in [1.29, 1.82) is 0 Å². The Morgan fingerprint density at radius 1 is 0.958 bits per heavy atom. The highest BCUT2D eigenvalue weighted by Gasteiger charge is 2.17. The zero-order chi connectivity index (χ0) is 17.4. The van der Waals surface area contributed by atoms with Gasteiger partial charge in [-0.1, -0.05) is 30.3 Å². The van der Waals surface area contributed by atoms with Crippen molar-refractivity contribution >= 4 is 0 Å². The molecule has 0 aliphatic rings. The second-order valence-electron chi connectivity index (χ2n) is 5.69. The van der Waals surface area contributed by atoms with E-state index in [0.717, 1.165) is 11.3 Å². The fraction of sp³-hybridized carbons (Fsp3) is 0.368. The SMILES string of the molecule is COc1ccc(OCC(O)CNC(C)C(O)c2ccccc2)cc1. The molecule has 0 saturated heterocycles. The molecule has 0 saturated carbocycles. The van der Waals surface area contributed by atoms with E-state index in [1.165, 1.54) is 0 Å². The van der Waals surface area contributed by atoms with Crippen LogP contribution in [0.3, 0.4) is 0 Å². The van der Waals surface area contributed by atoms with E-state index in [9.17, 15) is 10.2 Å². The second kappa shape index (κ2) is 9.27. The Morgan fingerprint density at radius 2 is 1.58 bits per heavy atom. The van der Waals surface area contributed by atoms with Crippen molar-refractivity contribution in [3.05, 3.63) is 60.2 Å². The number of rotatable bonds is 9. The average Bonchev–Trinajstić information content (AvgIpc) is 2.64. The van der Waals surface area contributed by atoms with Crippen LogP contribution in [0.1, 0.15) is 18.6 Å². The van der Waals surface area contributed by atoms with Gasteiger partial charge in [0.2, 0.25) is 0 Å². The molecule has 0 amide bonds. The summed E-state index contributed by atoms with van der Waals surface area (Å²) in [6.45, 7) is 2.39. The zero-order valence-corrected chi connectivity index (χ0v) is 14.1. The summed E-state index contributed by atoms with van der Waals surface area (Å²) in [5, 5.41) is 23.4. The number of nitrogens with one attached hydrogen (secondary N) is 1. The Morgan fingerprint density at radius 3 is 2.21 bits per heavy atom. The van der Waals surface area contributed by atoms with Gasteiger partial charge in [-0.15, -0.1) is 0 Å². The van der Waals surface area contributed by atoms with Crippen LogP contribution in [0.2, 0.25) is 0 Å². The van der Waals surface area contributed by atoms with Gasteiger partial charge in [-0.2, -0.15) is 0 Å². The lowest BCUT2D eigenvalue weighted by molar-refractivity contribution is 0.0876. The molecule has 0 aromatic heterocycles. The average molecular weight is 331 g/mol. The highest BCUT2D eigenvalue weighted by atomic mass is 16.5. The molecule has 130 valence electrons. The summed E-state index contributed by atoms with van der Waals surface area (Å²) < 4.78 is 10.6. The summed E-state index contributed by atoms with van der Waals surface area (Å²) in [5.74, 6) is 1.43. The normalized spacial score (nSPS) is 14.7. The van der Waals surface area contributed by atoms with Crippen molar-refractivity contribution < 1.29 is 19.7 Å². The fourth-order valence-electron chi connectivity index (χ4n) is 2.30. The van der Waals surface area contributed by atoms with E-state index in [2.05, 4.69) is 5.32 Å². The molecule has 5 heteroatoms. The van der Waals surface area contributed by atoms with Crippen LogP contribution in [0, 0.1) is 0 Å². The number of aliphatic hydroxyl groups is 2. The largest absolute Gasteiger partial charge is 0.497 e. The second-order valence-corrected chi connectivity index (χ2v) is 5.69. The summed E-state index contributed by atoms with van der Waals surface area (Å²) in [7, 11) is 1.61. The van der Waals surface area contributed by atoms with E-state index in [-0.39, 0.29) is 12.6 Å². The van der Waals surface area contributed by atoms with E-state index in [0.29, 0.717) is 12.3 Å². The monoisotopic (exact) mass is 331 g/mol. The van der Waals surface area contributed by atoms with Gasteiger partial charge in [-0.3, -0.25) is 0 Å². The molecule has 2 rings (SSSR count). The summed E-state index contributed by atoms with van der Waals surface area (Å²) in [6, 6.07) is 16.5. The summed E-state index contributed by atoms with van der Waals surface area (Å²) in [6.07, 6.45) is -1.29. The van der Waals surface area contributed by atoms with Crippen LogP contribution >= 0.6 is 0 Å². The molecule has 0 heterocycles. The molecule has 3 N–H and O–H groups in total. The first-order valence-electron chi connectivity index (χ1n) is 8.01. The Bertz CT molecular complexity index is 588. The molecule has 24 heavy (non-hydrogen) atoms. The predicted octanol–water partition coefficient (Wildman–Crippen LogP) is 2.15. The first-order valence-corrected chi connectivity index (χ1v) is 8.01. The number of hydrogen-bond acceptors (Lipinski definition) is 5. The van der Waals surface area contributed by atoms with Gasteiger partial charge < -0.3 is 25.0 Å². The van der Waals surface area contributed by atoms with Crippen molar-refractivity contribution in [3.8, 4) is 11.5 Å². The third kappa shape index (κ3) is 5.53. The van der Waals surface area contributed by atoms with Crippen molar-refractivity contribution in [1.82, 2.24) is 5.32 Å². The quantitative estimate of drug-likeness (QED) is 0.657. The summed E-state index contributed by atoms with van der Waals surface area (Å²) >= 11 is 0. The van der Waals surface area contributed by atoms with Gasteiger partial charge in [0.25, 0.3) is 0 Å². The van der Waals surface area contributed by atoms with E-state index < -0.39 is 12.2 Å². The molecule has 3 atom stereocenters. The van der Waals surface area contributed by atoms with Crippen LogP contribution in [0.4, 0.5) is 0 Å². The highest BCUT2D eigenvalue weighted by molar-refractivity contribution is 5.31. The van der Waals surface area contributed by atoms with Gasteiger partial charge in [-0.05, 0) is 36.8 Å². The molecule has 0 spiro atoms. The maximum atomic E-state index is 10.3. The van der Waals surface area contributed by atoms with Crippen molar-refractivity contribution in [3.63, 3.8) is 0 Å². The van der Waals surface area contributed by atoms with Crippen LogP contribution in [0.25, 0.3) is 0 Å². The maximum absolute atomic E-state index is 10.3. The predicted molar refractivity (Wildman–Crippen MR) is 93.4 cm³/mol. The molecule has 5 nitrogen and oxygen atoms in total. The van der Waals surface area contributed by atoms with Gasteiger partial charge in [0.1, 0.15) is 24.2 Å². The minimum Gasteiger partial charge on any atom is -0.497 e. The lowest BCUT2D eigenvalue weighted by Crippen LogP contribution is -2.39. The number of hydrogen-bond donors (Lipinski definition) is 3. The third-order valence-electron chi connectivity index (χ3n) is 3.79. The minimum atomic E-state index is -0.669. The highest BCUT2D eigenvalue weighted by Crippen LogP contribution is 2.17. The Balaban J connectivity index is 1.72. The van der Waals surface area contributed by atoms with E-state index >= 15 is 0 Å². The Hall–Kier alpha value is -2.08. The lowest BCUT2D eigenvalue weighted by Gasteiger charge is -2.22. The van der Waals surface area contributed by atoms with Crippen molar-refractivity contribution in [2.75, 3.05) is 20.3 Å². The van der Waals surface area contributed by atoms with Crippen LogP contribution in [-0.4, -0.2) is 42.6 Å². The number of methoxy groups -OCH3 is 1. The summed E-state index contributed by atoms with van der Waals surface area (Å²) in [5.41, 5.74) is 0.849. The zero-order valence-electron chi connectivity index (χ0n) is 14.1. The molecular formula is C19H25NO4. The topological polar surface area (TPSA) is 71.0 Å². The van der Waals surface area contributed by atoms with Crippen molar-refractivity contribution in [2.45, 2.75) is 25.2 Å². The van der Waals surface area contributed by atoms with Crippen LogP contribution in [0.15, 0.2) is 54.6 Å². The molecule has 0 aliphatic carbocycles. The Labute approximate surface area is 142 Å². The minimum absolute atomic E-state index is 0.174. The molecule has 0 radical (unpaired) electrons. The molecule has 0 fully saturated rings. The van der Waals surface area contributed by atoms with Gasteiger partial charge in [-0.25, -0.2) is 0 Å². The number of aliphatic hydroxyl groups excluding tert-OH is 2. The molecule has 2 aromatic rings. The van der Waals surface area contributed by atoms with Crippen LogP contribution in [-0.2, 0) is 0 Å². The standard InChI is InChI=1S/C19H25NO4/c1-14(19(22)15-6-4-3-5-7-15)20-12-16(21)13-24-18-10-8-17(23-2)9-11-18/h3-11,14,16,19-22H,12-13H2,1-2H3. The summed E-state index contributed by atoms with van der Waals surface area (Å²) in [4.78, 5) is 0. The van der Waals surface area contributed by atoms with E-state index in [4.69, 9.17) is 9.47 Å². The first-order chi connectivity index (χ1) is 11.6. The van der Waals surface area contributed by atoms with E-state index in [1.807, 2.05) is 37.3 Å². The van der Waals surface area contributed by atoms with Gasteiger partial charge in [0, 0.05) is 12.6 Å². The molecule has 2 aromatic carbocycles. The van der Waals surface area contributed by atoms with Gasteiger partial charge in [0.05, 0.1) is 13.2 Å². The van der Waals surface area contributed by atoms with Crippen LogP contribution in [0.5, 0.6) is 11.5 Å². The van der Waals surface area contributed by atoms with E-state index in [1.54, 1.807) is 31.4 Å². The van der Waals surface area contributed by atoms with Crippen LogP contribution < -0.4 is 14.8 Å². The fourth-order valence-corrected chi connectivity index (χ4v) is 2.30. The van der Waals surface area contributed by atoms with Crippen molar-refractivity contribution in [2.24, 2.45) is 0 Å². The Kier molecular flexibility index (Phi) is 7.06.